The number of imidazole rings is 2. The van der Waals surface area contributed by atoms with Gasteiger partial charge in [-0.3, -0.25) is 91.7 Å². The summed E-state index contributed by atoms with van der Waals surface area (Å²) in [6, 6.07) is -7.64. The van der Waals surface area contributed by atoms with Crippen molar-refractivity contribution in [1.82, 2.24) is 105 Å². The molecule has 2 aliphatic heterocycles. The lowest BCUT2D eigenvalue weighted by atomic mass is 9.77. The van der Waals surface area contributed by atoms with Gasteiger partial charge in [0, 0.05) is 85.4 Å². The number of aromatic amines is 2. The van der Waals surface area contributed by atoms with Crippen LogP contribution in [-0.4, -0.2) is 268 Å². The number of hydrogen-bond acceptors (Lipinski definition) is 27. The van der Waals surface area contributed by atoms with Gasteiger partial charge >= 0.3 is 23.9 Å². The molecule has 14 atom stereocenters. The third kappa shape index (κ3) is 30.1. The molecular formula is C84H111N23O27. The fourth-order valence-electron chi connectivity index (χ4n) is 13.8. The van der Waals surface area contributed by atoms with Crippen molar-refractivity contribution in [2.45, 2.75) is 217 Å². The number of aliphatic carboxylic acids is 3. The second-order valence-corrected chi connectivity index (χ2v) is 32.2. The molecule has 0 radical (unpaired) electrons. The Morgan fingerprint density at radius 2 is 0.858 bits per heavy atom. The average Bonchev–Trinajstić information content (AvgIpc) is 1.57. The summed E-state index contributed by atoms with van der Waals surface area (Å²) in [5.41, 5.74) is 10.1. The Morgan fingerprint density at radius 1 is 0.448 bits per heavy atom. The van der Waals surface area contributed by atoms with Crippen molar-refractivity contribution in [3.8, 4) is 23.0 Å². The summed E-state index contributed by atoms with van der Waals surface area (Å²) < 4.78 is 12.1. The first-order chi connectivity index (χ1) is 63.2. The van der Waals surface area contributed by atoms with E-state index in [0.29, 0.717) is 11.1 Å². The fraction of sp³-hybridized carbons (Fsp3) is 0.464. The molecule has 16 amide bonds. The van der Waals surface area contributed by atoms with E-state index in [-0.39, 0.29) is 102 Å². The van der Waals surface area contributed by atoms with E-state index in [4.69, 9.17) is 26.4 Å². The molecule has 50 nitrogen and oxygen atoms in total. The largest absolute Gasteiger partial charge is 0.508 e. The molecule has 724 valence electrons. The maximum Gasteiger partial charge on any atom is 0.340 e. The van der Waals surface area contributed by atoms with Crippen molar-refractivity contribution < 1.29 is 131 Å². The van der Waals surface area contributed by atoms with Crippen molar-refractivity contribution in [1.29, 1.82) is 5.41 Å². The number of nitrogens with two attached hydrogens (primary N) is 2. The number of nitrogens with zero attached hydrogens (tertiary/aromatic N) is 2. The van der Waals surface area contributed by atoms with Crippen molar-refractivity contribution in [3.05, 3.63) is 119 Å². The zero-order valence-corrected chi connectivity index (χ0v) is 74.3. The highest BCUT2D eigenvalue weighted by atomic mass is 16.6. The van der Waals surface area contributed by atoms with Crippen LogP contribution in [0.4, 0.5) is 0 Å². The Morgan fingerprint density at radius 3 is 1.32 bits per heavy atom. The van der Waals surface area contributed by atoms with Crippen molar-refractivity contribution in [2.75, 3.05) is 19.6 Å². The SMILES string of the molecule is CC[C@H](C)[C@H](NC(=O)[C@H](CCC(=O)O)NC(=O)[C@H](C)NC(=O)[C@H](Cc1c[nH]cn1)NC(=O)[C@H](C)NC(=O)[C@H](C)NC(=O)[C@H](Cc1c[nH]cn1)NC(=O)[C@@H](NC(=O)[C@H](C)NC(=O)[C@H](CCC(N)=O)NC(=O)c1ccc2c(c1)C(=O)OC21c2ccc(O)cc2Oc2cc(O)ccc21)C(C)C)C(=O)NCC(=O)N[C@@H](CCC(=O)O)C(=O)N[C@@H](C)C(=O)NCC(=O)N[C@@H](CCCNC(=N)N)C(=O)O. The quantitative estimate of drug-likeness (QED) is 0.00749. The number of ether oxygens (including phenoxy) is 2. The van der Waals surface area contributed by atoms with Crippen LogP contribution in [0.5, 0.6) is 23.0 Å². The molecule has 0 aliphatic carbocycles. The Hall–Kier alpha value is -15.9. The fourth-order valence-corrected chi connectivity index (χ4v) is 13.8. The average molecular weight is 1870 g/mol. The number of esters is 1. The highest BCUT2D eigenvalue weighted by molar-refractivity contribution is 6.05. The summed E-state index contributed by atoms with van der Waals surface area (Å²) in [5.74, 6) is -23.0. The minimum atomic E-state index is -1.74. The van der Waals surface area contributed by atoms with E-state index in [1.54, 1.807) is 20.8 Å². The van der Waals surface area contributed by atoms with E-state index in [2.05, 4.69) is 105 Å². The Labute approximate surface area is 764 Å². The predicted octanol–water partition coefficient (Wildman–Crippen LogP) is -5.11. The Bertz CT molecular complexity index is 5170. The standard InChI is InChI=1S/C84H111N23O27/c1-10-38(4)67(79(128)92-34-62(111)100-53(20-23-64(113)114)74(123)96-39(5)68(117)91-33-63(112)101-56(81(130)131)12-11-25-90-83(86)87)107-76(125)55(21-24-65(115)116)102-70(119)42(8)99-77(126)57(27-45-31-88-35-93-45)104-71(120)41(7)95-69(118)40(6)98-78(127)58(28-46-32-89-36-94-46)105-80(129)66(37(2)3)106-72(121)43(9)97-75(124)54(19-22-61(85)110)103-73(122)44-13-16-50-49(26-44)82(132)134-84(50)51-17-14-47(108)29-59(51)133-60-30-48(109)15-18-52(60)84/h13-18,26,29-32,35-43,53-58,66-67,108-109H,10-12,19-25,27-28,33-34H2,1-9H3,(H2,85,110)(H,88,93)(H,89,94)(H,91,117)(H,92,128)(H,95,118)(H,96,123)(H,97,124)(H,98,127)(H,99,126)(H,100,111)(H,101,112)(H,102,119)(H,103,122)(H,104,120)(H,105,129)(H,106,121)(H,107,125)(H,113,114)(H,115,116)(H,130,131)(H4,86,87,90)/t38-,39-,40-,41-,42-,43-,53-,54-,55-,56-,57-,58-,66-,67-/m0/s1. The molecule has 5 aromatic rings. The van der Waals surface area contributed by atoms with Gasteiger partial charge in [-0.05, 0) is 115 Å². The number of carbonyl (C=O) groups excluding carboxylic acids is 17. The molecule has 0 unspecified atom stereocenters. The molecular weight excluding hydrogens is 1760 g/mol. The molecule has 0 bridgehead atoms. The molecule has 0 saturated carbocycles. The number of nitrogens with one attached hydrogen (secondary N) is 19. The van der Waals surface area contributed by atoms with E-state index >= 15 is 0 Å². The molecule has 0 saturated heterocycles. The lowest BCUT2D eigenvalue weighted by molar-refractivity contribution is -0.142. The maximum atomic E-state index is 14.3. The smallest absolute Gasteiger partial charge is 0.340 e. The highest BCUT2D eigenvalue weighted by Gasteiger charge is 2.54. The number of phenols is 2. The minimum absolute atomic E-state index is 0.0764. The number of guanidine groups is 1. The van der Waals surface area contributed by atoms with Gasteiger partial charge in [-0.2, -0.15) is 0 Å². The number of H-pyrrole nitrogens is 2. The first-order valence-electron chi connectivity index (χ1n) is 42.4. The molecule has 4 heterocycles. The van der Waals surface area contributed by atoms with Gasteiger partial charge in [-0.15, -0.1) is 0 Å². The number of primary amides is 1. The summed E-state index contributed by atoms with van der Waals surface area (Å²) in [6.07, 6.45) is 1.51. The van der Waals surface area contributed by atoms with Crippen molar-refractivity contribution in [3.63, 3.8) is 0 Å². The molecule has 50 heteroatoms. The molecule has 134 heavy (non-hydrogen) atoms. The number of carbonyl (C=O) groups is 20. The number of amides is 16. The normalized spacial score (nSPS) is 15.1. The molecule has 7 rings (SSSR count). The van der Waals surface area contributed by atoms with Crippen LogP contribution in [0.2, 0.25) is 0 Å². The zero-order valence-electron chi connectivity index (χ0n) is 74.3. The second-order valence-electron chi connectivity index (χ2n) is 32.2. The number of carboxylic acids is 3. The number of aromatic nitrogens is 4. The summed E-state index contributed by atoms with van der Waals surface area (Å²) in [7, 11) is 0. The van der Waals surface area contributed by atoms with Crippen LogP contribution in [0.15, 0.2) is 79.6 Å². The summed E-state index contributed by atoms with van der Waals surface area (Å²) in [6.45, 7) is 10.7. The first kappa shape index (κ1) is 105. The Kier molecular flexibility index (Phi) is 38.2. The molecule has 3 aromatic carbocycles. The van der Waals surface area contributed by atoms with E-state index in [1.807, 2.05) is 0 Å². The maximum absolute atomic E-state index is 14.3. The summed E-state index contributed by atoms with van der Waals surface area (Å²) in [4.78, 5) is 282. The number of phenolic OH excluding ortho intramolecular Hbond substituents is 2. The number of aromatic hydroxyl groups is 2. The van der Waals surface area contributed by atoms with Crippen LogP contribution in [0.1, 0.15) is 169 Å². The van der Waals surface area contributed by atoms with Crippen LogP contribution in [0.25, 0.3) is 0 Å². The zero-order chi connectivity index (χ0) is 99.3. The van der Waals surface area contributed by atoms with Crippen LogP contribution in [-0.2, 0) is 109 Å². The second kappa shape index (κ2) is 48.7. The van der Waals surface area contributed by atoms with Crippen molar-refractivity contribution >= 4 is 124 Å². The summed E-state index contributed by atoms with van der Waals surface area (Å²) >= 11 is 0. The van der Waals surface area contributed by atoms with Crippen molar-refractivity contribution in [2.24, 2.45) is 23.3 Å². The van der Waals surface area contributed by atoms with Gasteiger partial charge in [0.05, 0.1) is 42.7 Å². The van der Waals surface area contributed by atoms with E-state index in [0.717, 1.165) is 6.92 Å². The van der Waals surface area contributed by atoms with E-state index < -0.39 is 260 Å². The van der Waals surface area contributed by atoms with Crippen LogP contribution < -0.4 is 101 Å². The van der Waals surface area contributed by atoms with Gasteiger partial charge in [-0.1, -0.05) is 40.2 Å². The molecule has 2 aromatic heterocycles. The highest BCUT2D eigenvalue weighted by Crippen LogP contribution is 2.57. The lowest BCUT2D eigenvalue weighted by Gasteiger charge is -2.36. The topological polar surface area (TPSA) is 787 Å². The molecule has 0 fully saturated rings. The monoisotopic (exact) mass is 1870 g/mol. The third-order valence-corrected chi connectivity index (χ3v) is 21.4. The van der Waals surface area contributed by atoms with E-state index in [9.17, 15) is 121 Å². The van der Waals surface area contributed by atoms with Crippen LogP contribution >= 0.6 is 0 Å². The van der Waals surface area contributed by atoms with Gasteiger partial charge in [0.1, 0.15) is 102 Å². The van der Waals surface area contributed by atoms with Gasteiger partial charge in [0.15, 0.2) is 11.6 Å². The molecule has 2 aliphatic rings. The van der Waals surface area contributed by atoms with Gasteiger partial charge in [0.25, 0.3) is 5.91 Å². The van der Waals surface area contributed by atoms with Gasteiger partial charge < -0.3 is 142 Å². The van der Waals surface area contributed by atoms with Crippen LogP contribution in [0, 0.1) is 17.2 Å². The number of fused-ring (bicyclic) bond motifs is 6. The van der Waals surface area contributed by atoms with E-state index in [1.165, 1.54) is 114 Å². The number of rotatable bonds is 51. The minimum Gasteiger partial charge on any atom is -0.508 e. The number of hydrogen-bond donors (Lipinski definition) is 26. The lowest BCUT2D eigenvalue weighted by Crippen LogP contribution is -2.60. The van der Waals surface area contributed by atoms with Gasteiger partial charge in [0.2, 0.25) is 88.6 Å². The van der Waals surface area contributed by atoms with Crippen LogP contribution in [0.3, 0.4) is 0 Å². The Balaban J connectivity index is 0.927. The summed E-state index contributed by atoms with van der Waals surface area (Å²) in [5, 5.41) is 95.0. The first-order valence-corrected chi connectivity index (χ1v) is 42.4. The molecule has 1 spiro atoms. The predicted molar refractivity (Wildman–Crippen MR) is 465 cm³/mol. The van der Waals surface area contributed by atoms with Gasteiger partial charge in [-0.25, -0.2) is 19.6 Å². The number of carboxylic acid groups (broad SMARTS) is 3. The molecule has 28 N–H and O–H groups in total. The number of benzene rings is 3. The third-order valence-electron chi connectivity index (χ3n) is 21.4.